The van der Waals surface area contributed by atoms with Crippen LogP contribution in [0.15, 0.2) is 24.5 Å². The standard InChI is InChI=1S/C23H24ClIN4O5/c1-30-18-7-14-17(9-19(18)32-5-2-3-13-10-31-6-4-26-13)27-11-28-23(14)29-20-15(24)8-16(25)21-22(20)34-12-33-21/h7-9,11,13,26H,2-6,10,12H2,1H3,(H,27,28,29). The van der Waals surface area contributed by atoms with E-state index >= 15 is 0 Å². The lowest BCUT2D eigenvalue weighted by Crippen LogP contribution is -2.41. The molecule has 180 valence electrons. The zero-order valence-electron chi connectivity index (χ0n) is 18.5. The summed E-state index contributed by atoms with van der Waals surface area (Å²) in [5.74, 6) is 3.03. The van der Waals surface area contributed by atoms with Crippen molar-refractivity contribution < 1.29 is 23.7 Å². The van der Waals surface area contributed by atoms with Gasteiger partial charge in [-0.05, 0) is 47.6 Å². The summed E-state index contributed by atoms with van der Waals surface area (Å²) < 4.78 is 29.3. The van der Waals surface area contributed by atoms with Crippen LogP contribution in [0.25, 0.3) is 10.9 Å². The van der Waals surface area contributed by atoms with Gasteiger partial charge >= 0.3 is 0 Å². The summed E-state index contributed by atoms with van der Waals surface area (Å²) in [5.41, 5.74) is 1.31. The number of methoxy groups -OCH3 is 1. The molecule has 2 N–H and O–H groups in total. The van der Waals surface area contributed by atoms with Crippen molar-refractivity contribution >= 4 is 56.6 Å². The third-order valence-corrected chi connectivity index (χ3v) is 6.77. The Kier molecular flexibility index (Phi) is 7.28. The molecule has 1 atom stereocenters. The van der Waals surface area contributed by atoms with E-state index in [4.69, 9.17) is 35.3 Å². The molecule has 1 fully saturated rings. The second kappa shape index (κ2) is 10.5. The number of nitrogens with zero attached hydrogens (tertiary/aromatic N) is 2. The van der Waals surface area contributed by atoms with E-state index < -0.39 is 0 Å². The van der Waals surface area contributed by atoms with Gasteiger partial charge in [0.15, 0.2) is 23.0 Å². The zero-order valence-corrected chi connectivity index (χ0v) is 21.4. The van der Waals surface area contributed by atoms with Crippen molar-refractivity contribution in [1.29, 1.82) is 0 Å². The molecule has 1 aromatic heterocycles. The van der Waals surface area contributed by atoms with Gasteiger partial charge in [0.05, 0.1) is 41.0 Å². The first-order valence-corrected chi connectivity index (χ1v) is 12.4. The number of fused-ring (bicyclic) bond motifs is 2. The minimum Gasteiger partial charge on any atom is -0.493 e. The van der Waals surface area contributed by atoms with Gasteiger partial charge in [-0.2, -0.15) is 0 Å². The third kappa shape index (κ3) is 4.90. The highest BCUT2D eigenvalue weighted by molar-refractivity contribution is 14.1. The van der Waals surface area contributed by atoms with E-state index in [-0.39, 0.29) is 6.79 Å². The molecule has 0 aliphatic carbocycles. The summed E-state index contributed by atoms with van der Waals surface area (Å²) in [4.78, 5) is 8.86. The number of rotatable bonds is 8. The monoisotopic (exact) mass is 598 g/mol. The Hall–Kier alpha value is -2.28. The molecule has 34 heavy (non-hydrogen) atoms. The summed E-state index contributed by atoms with van der Waals surface area (Å²) in [6, 6.07) is 5.92. The van der Waals surface area contributed by atoms with Crippen LogP contribution in [-0.4, -0.2) is 56.3 Å². The SMILES string of the molecule is COc1cc2c(Nc3c(Cl)cc(I)c4c3OCO4)ncnc2cc1OCCCC1COCCN1. The minimum atomic E-state index is 0.142. The average molecular weight is 599 g/mol. The van der Waals surface area contributed by atoms with E-state index in [1.54, 1.807) is 7.11 Å². The first-order chi connectivity index (χ1) is 16.6. The van der Waals surface area contributed by atoms with Gasteiger partial charge in [0.2, 0.25) is 6.79 Å². The number of ether oxygens (including phenoxy) is 5. The molecule has 0 spiro atoms. The molecule has 5 rings (SSSR count). The van der Waals surface area contributed by atoms with Gasteiger partial charge in [0.1, 0.15) is 17.8 Å². The number of hydrogen-bond acceptors (Lipinski definition) is 9. The average Bonchev–Trinajstić information content (AvgIpc) is 3.35. The lowest BCUT2D eigenvalue weighted by molar-refractivity contribution is 0.0721. The van der Waals surface area contributed by atoms with Crippen molar-refractivity contribution in [3.63, 3.8) is 0 Å². The normalized spacial score (nSPS) is 17.1. The van der Waals surface area contributed by atoms with Crippen LogP contribution in [0, 0.1) is 3.57 Å². The maximum absolute atomic E-state index is 6.52. The molecule has 2 aromatic carbocycles. The van der Waals surface area contributed by atoms with Crippen LogP contribution in [0.2, 0.25) is 5.02 Å². The summed E-state index contributed by atoms with van der Waals surface area (Å²) in [7, 11) is 1.61. The Bertz CT molecular complexity index is 1190. The summed E-state index contributed by atoms with van der Waals surface area (Å²) >= 11 is 8.69. The Labute approximate surface area is 215 Å². The number of hydrogen-bond donors (Lipinski definition) is 2. The van der Waals surface area contributed by atoms with E-state index in [1.165, 1.54) is 6.33 Å². The Morgan fingerprint density at radius 3 is 2.91 bits per heavy atom. The largest absolute Gasteiger partial charge is 0.493 e. The summed E-state index contributed by atoms with van der Waals surface area (Å²) in [5, 5.41) is 8.02. The molecule has 2 aliphatic heterocycles. The second-order valence-electron chi connectivity index (χ2n) is 7.86. The van der Waals surface area contributed by atoms with Gasteiger partial charge in [-0.15, -0.1) is 0 Å². The number of halogens is 2. The molecule has 9 nitrogen and oxygen atoms in total. The Balaban J connectivity index is 1.36. The van der Waals surface area contributed by atoms with Gasteiger partial charge in [-0.3, -0.25) is 0 Å². The molecule has 0 radical (unpaired) electrons. The molecular formula is C23H24ClIN4O5. The van der Waals surface area contributed by atoms with Crippen LogP contribution in [0.3, 0.4) is 0 Å². The lowest BCUT2D eigenvalue weighted by atomic mass is 10.1. The minimum absolute atomic E-state index is 0.142. The molecule has 1 saturated heterocycles. The molecule has 11 heteroatoms. The van der Waals surface area contributed by atoms with E-state index in [9.17, 15) is 0 Å². The van der Waals surface area contributed by atoms with Gasteiger partial charge in [-0.1, -0.05) is 11.6 Å². The van der Waals surface area contributed by atoms with Crippen molar-refractivity contribution in [2.75, 3.05) is 45.6 Å². The van der Waals surface area contributed by atoms with Crippen molar-refractivity contribution in [1.82, 2.24) is 15.3 Å². The molecule has 3 heterocycles. The maximum Gasteiger partial charge on any atom is 0.231 e. The molecule has 1 unspecified atom stereocenters. The highest BCUT2D eigenvalue weighted by Gasteiger charge is 2.25. The fourth-order valence-corrected chi connectivity index (χ4v) is 5.13. The van der Waals surface area contributed by atoms with Crippen LogP contribution >= 0.6 is 34.2 Å². The number of aromatic nitrogens is 2. The van der Waals surface area contributed by atoms with Crippen LogP contribution in [0.4, 0.5) is 11.5 Å². The van der Waals surface area contributed by atoms with Gasteiger partial charge < -0.3 is 34.3 Å². The topological polar surface area (TPSA) is 96.0 Å². The van der Waals surface area contributed by atoms with Crippen LogP contribution in [-0.2, 0) is 4.74 Å². The summed E-state index contributed by atoms with van der Waals surface area (Å²) in [6.45, 7) is 3.13. The third-order valence-electron chi connectivity index (χ3n) is 5.67. The smallest absolute Gasteiger partial charge is 0.231 e. The number of morpholine rings is 1. The molecule has 2 aliphatic rings. The van der Waals surface area contributed by atoms with Crippen LogP contribution in [0.5, 0.6) is 23.0 Å². The van der Waals surface area contributed by atoms with Crippen molar-refractivity contribution in [3.8, 4) is 23.0 Å². The van der Waals surface area contributed by atoms with Gasteiger partial charge in [-0.25, -0.2) is 9.97 Å². The maximum atomic E-state index is 6.52. The second-order valence-corrected chi connectivity index (χ2v) is 9.43. The van der Waals surface area contributed by atoms with Gasteiger partial charge in [0, 0.05) is 24.0 Å². The molecule has 0 bridgehead atoms. The van der Waals surface area contributed by atoms with E-state index in [0.717, 1.165) is 41.6 Å². The van der Waals surface area contributed by atoms with E-state index in [2.05, 4.69) is 43.2 Å². The first kappa shape index (κ1) is 23.5. The Morgan fingerprint density at radius 1 is 1.21 bits per heavy atom. The predicted molar refractivity (Wildman–Crippen MR) is 137 cm³/mol. The fraction of sp³-hybridized carbons (Fsp3) is 0.391. The van der Waals surface area contributed by atoms with Crippen LogP contribution in [0.1, 0.15) is 12.8 Å². The van der Waals surface area contributed by atoms with Crippen molar-refractivity contribution in [3.05, 3.63) is 33.1 Å². The van der Waals surface area contributed by atoms with Gasteiger partial charge in [0.25, 0.3) is 0 Å². The van der Waals surface area contributed by atoms with Crippen molar-refractivity contribution in [2.45, 2.75) is 18.9 Å². The van der Waals surface area contributed by atoms with E-state index in [1.807, 2.05) is 18.2 Å². The van der Waals surface area contributed by atoms with Crippen molar-refractivity contribution in [2.24, 2.45) is 0 Å². The molecule has 3 aromatic rings. The number of anilines is 2. The molecule has 0 amide bonds. The Morgan fingerprint density at radius 2 is 2.09 bits per heavy atom. The van der Waals surface area contributed by atoms with E-state index in [0.29, 0.717) is 57.7 Å². The highest BCUT2D eigenvalue weighted by Crippen LogP contribution is 2.48. The quantitative estimate of drug-likeness (QED) is 0.287. The molecular weight excluding hydrogens is 575 g/mol. The lowest BCUT2D eigenvalue weighted by Gasteiger charge is -2.23. The number of nitrogens with one attached hydrogen (secondary N) is 2. The number of benzene rings is 2. The molecule has 0 saturated carbocycles. The van der Waals surface area contributed by atoms with Crippen LogP contribution < -0.4 is 29.6 Å². The fourth-order valence-electron chi connectivity index (χ4n) is 3.99. The first-order valence-electron chi connectivity index (χ1n) is 11.0. The summed E-state index contributed by atoms with van der Waals surface area (Å²) in [6.07, 6.45) is 3.38. The predicted octanol–water partition coefficient (Wildman–Crippen LogP) is 4.52. The zero-order chi connectivity index (χ0) is 23.5. The highest BCUT2D eigenvalue weighted by atomic mass is 127.